The first kappa shape index (κ1) is 14.3. The van der Waals surface area contributed by atoms with E-state index in [1.54, 1.807) is 0 Å². The quantitative estimate of drug-likeness (QED) is 0.341. The Labute approximate surface area is 105 Å². The highest BCUT2D eigenvalue weighted by molar-refractivity contribution is 5.73. The van der Waals surface area contributed by atoms with Gasteiger partial charge < -0.3 is 4.74 Å². The number of ether oxygens (including phenoxy) is 1. The molecule has 1 aliphatic rings. The molecule has 0 saturated carbocycles. The minimum absolute atomic E-state index is 0.000910. The van der Waals surface area contributed by atoms with Crippen molar-refractivity contribution >= 4 is 5.97 Å². The van der Waals surface area contributed by atoms with Crippen LogP contribution in [0.4, 0.5) is 0 Å². The van der Waals surface area contributed by atoms with Gasteiger partial charge in [-0.1, -0.05) is 57.6 Å². The molecule has 0 saturated heterocycles. The number of allylic oxidation sites excluding steroid dienone is 2. The summed E-state index contributed by atoms with van der Waals surface area (Å²) in [4.78, 5) is 11.6. The molecule has 0 aromatic rings. The van der Waals surface area contributed by atoms with Crippen molar-refractivity contribution in [2.75, 3.05) is 6.61 Å². The van der Waals surface area contributed by atoms with Crippen molar-refractivity contribution in [2.45, 2.75) is 64.7 Å². The zero-order chi connectivity index (χ0) is 12.3. The fourth-order valence-corrected chi connectivity index (χ4v) is 2.16. The lowest BCUT2D eigenvalue weighted by Gasteiger charge is -2.09. The van der Waals surface area contributed by atoms with Crippen LogP contribution in [0.2, 0.25) is 0 Å². The van der Waals surface area contributed by atoms with Crippen LogP contribution in [-0.2, 0) is 9.53 Å². The number of hydrogen-bond donors (Lipinski definition) is 0. The average Bonchev–Trinajstić information content (AvgIpc) is 2.86. The normalized spacial score (nSPS) is 15.4. The molecule has 0 N–H and O–H groups in total. The molecular weight excluding hydrogens is 212 g/mol. The summed E-state index contributed by atoms with van der Waals surface area (Å²) in [6, 6.07) is 0. The van der Waals surface area contributed by atoms with Crippen LogP contribution in [-0.4, -0.2) is 12.6 Å². The summed E-state index contributed by atoms with van der Waals surface area (Å²) in [5.41, 5.74) is 0. The first-order valence-electron chi connectivity index (χ1n) is 7.16. The molecule has 0 spiro atoms. The van der Waals surface area contributed by atoms with Gasteiger partial charge in [-0.25, -0.2) is 0 Å². The molecular formula is C15H26O2. The van der Waals surface area contributed by atoms with Crippen LogP contribution >= 0.6 is 0 Å². The van der Waals surface area contributed by atoms with E-state index < -0.39 is 0 Å². The molecule has 2 nitrogen and oxygen atoms in total. The SMILES string of the molecule is CCCCCCCCCOC(=O)C1CC=CC1. The van der Waals surface area contributed by atoms with Crippen LogP contribution in [0.1, 0.15) is 64.7 Å². The van der Waals surface area contributed by atoms with Crippen LogP contribution in [0.5, 0.6) is 0 Å². The molecule has 0 unspecified atom stereocenters. The maximum absolute atomic E-state index is 11.6. The molecule has 2 heteroatoms. The second-order valence-corrected chi connectivity index (χ2v) is 4.93. The van der Waals surface area contributed by atoms with Crippen LogP contribution in [0.15, 0.2) is 12.2 Å². The van der Waals surface area contributed by atoms with E-state index in [1.807, 2.05) is 0 Å². The Morgan fingerprint density at radius 2 is 1.65 bits per heavy atom. The predicted octanol–water partition coefficient (Wildman–Crippen LogP) is 4.25. The number of carbonyl (C=O) groups is 1. The van der Waals surface area contributed by atoms with Gasteiger partial charge >= 0.3 is 5.97 Å². The standard InChI is InChI=1S/C15H26O2/c1-2-3-4-5-6-7-10-13-17-15(16)14-11-8-9-12-14/h8-9,14H,2-7,10-13H2,1H3. The molecule has 0 bridgehead atoms. The van der Waals surface area contributed by atoms with Gasteiger partial charge in [-0.15, -0.1) is 0 Å². The second-order valence-electron chi connectivity index (χ2n) is 4.93. The third-order valence-electron chi connectivity index (χ3n) is 3.33. The number of carbonyl (C=O) groups excluding carboxylic acids is 1. The summed E-state index contributed by atoms with van der Waals surface area (Å²) in [6.45, 7) is 2.85. The Bertz CT molecular complexity index is 225. The zero-order valence-electron chi connectivity index (χ0n) is 11.1. The molecule has 0 radical (unpaired) electrons. The minimum atomic E-state index is 0.000910. The Kier molecular flexibility index (Phi) is 7.78. The van der Waals surface area contributed by atoms with Crippen molar-refractivity contribution in [3.05, 3.63) is 12.2 Å². The summed E-state index contributed by atoms with van der Waals surface area (Å²) in [5.74, 6) is 0.112. The molecule has 1 aliphatic carbocycles. The van der Waals surface area contributed by atoms with E-state index in [4.69, 9.17) is 4.74 Å². The number of rotatable bonds is 9. The average molecular weight is 238 g/mol. The predicted molar refractivity (Wildman–Crippen MR) is 70.8 cm³/mol. The first-order chi connectivity index (χ1) is 8.34. The van der Waals surface area contributed by atoms with E-state index in [1.165, 1.54) is 38.5 Å². The largest absolute Gasteiger partial charge is 0.465 e. The van der Waals surface area contributed by atoms with Gasteiger partial charge in [-0.3, -0.25) is 4.79 Å². The van der Waals surface area contributed by atoms with E-state index in [0.29, 0.717) is 6.61 Å². The van der Waals surface area contributed by atoms with Crippen LogP contribution in [0.25, 0.3) is 0 Å². The smallest absolute Gasteiger partial charge is 0.309 e. The number of unbranched alkanes of at least 4 members (excludes halogenated alkanes) is 6. The van der Waals surface area contributed by atoms with Crippen LogP contribution < -0.4 is 0 Å². The third-order valence-corrected chi connectivity index (χ3v) is 3.33. The highest BCUT2D eigenvalue weighted by atomic mass is 16.5. The van der Waals surface area contributed by atoms with Crippen LogP contribution in [0.3, 0.4) is 0 Å². The Balaban J connectivity index is 1.85. The molecule has 1 rings (SSSR count). The van der Waals surface area contributed by atoms with E-state index in [-0.39, 0.29) is 11.9 Å². The van der Waals surface area contributed by atoms with Gasteiger partial charge in [0.2, 0.25) is 0 Å². The van der Waals surface area contributed by atoms with Crippen molar-refractivity contribution in [1.29, 1.82) is 0 Å². The van der Waals surface area contributed by atoms with Crippen molar-refractivity contribution in [1.82, 2.24) is 0 Å². The molecule has 98 valence electrons. The zero-order valence-corrected chi connectivity index (χ0v) is 11.1. The van der Waals surface area contributed by atoms with E-state index in [0.717, 1.165) is 19.3 Å². The first-order valence-corrected chi connectivity index (χ1v) is 7.16. The van der Waals surface area contributed by atoms with Gasteiger partial charge in [-0.05, 0) is 19.3 Å². The Hall–Kier alpha value is -0.790. The van der Waals surface area contributed by atoms with Crippen molar-refractivity contribution in [3.63, 3.8) is 0 Å². The molecule has 0 amide bonds. The van der Waals surface area contributed by atoms with Crippen molar-refractivity contribution in [3.8, 4) is 0 Å². The molecule has 0 aliphatic heterocycles. The van der Waals surface area contributed by atoms with Gasteiger partial charge in [0.1, 0.15) is 0 Å². The van der Waals surface area contributed by atoms with E-state index in [2.05, 4.69) is 19.1 Å². The monoisotopic (exact) mass is 238 g/mol. The Morgan fingerprint density at radius 1 is 1.06 bits per heavy atom. The molecule has 0 aromatic heterocycles. The number of hydrogen-bond acceptors (Lipinski definition) is 2. The highest BCUT2D eigenvalue weighted by Crippen LogP contribution is 2.19. The number of esters is 1. The van der Waals surface area contributed by atoms with Gasteiger partial charge in [0, 0.05) is 0 Å². The lowest BCUT2D eigenvalue weighted by atomic mass is 10.1. The summed E-state index contributed by atoms with van der Waals surface area (Å²) in [7, 11) is 0. The van der Waals surface area contributed by atoms with Gasteiger partial charge in [0.05, 0.1) is 12.5 Å². The summed E-state index contributed by atoms with van der Waals surface area (Å²) < 4.78 is 5.27. The highest BCUT2D eigenvalue weighted by Gasteiger charge is 2.20. The molecule has 0 heterocycles. The lowest BCUT2D eigenvalue weighted by molar-refractivity contribution is -0.148. The fraction of sp³-hybridized carbons (Fsp3) is 0.800. The molecule has 0 aromatic carbocycles. The van der Waals surface area contributed by atoms with Crippen molar-refractivity contribution < 1.29 is 9.53 Å². The second kappa shape index (κ2) is 9.26. The van der Waals surface area contributed by atoms with Gasteiger partial charge in [0.25, 0.3) is 0 Å². The van der Waals surface area contributed by atoms with Crippen molar-refractivity contribution in [2.24, 2.45) is 5.92 Å². The third kappa shape index (κ3) is 6.50. The van der Waals surface area contributed by atoms with Crippen LogP contribution in [0, 0.1) is 5.92 Å². The minimum Gasteiger partial charge on any atom is -0.465 e. The fourth-order valence-electron chi connectivity index (χ4n) is 2.16. The molecule has 17 heavy (non-hydrogen) atoms. The maximum atomic E-state index is 11.6. The summed E-state index contributed by atoms with van der Waals surface area (Å²) in [5, 5.41) is 0. The van der Waals surface area contributed by atoms with E-state index in [9.17, 15) is 4.79 Å². The lowest BCUT2D eigenvalue weighted by Crippen LogP contribution is -2.15. The van der Waals surface area contributed by atoms with E-state index >= 15 is 0 Å². The molecule has 0 atom stereocenters. The maximum Gasteiger partial charge on any atom is 0.309 e. The summed E-state index contributed by atoms with van der Waals surface area (Å²) in [6.07, 6.45) is 14.7. The van der Waals surface area contributed by atoms with Gasteiger partial charge in [-0.2, -0.15) is 0 Å². The topological polar surface area (TPSA) is 26.3 Å². The Morgan fingerprint density at radius 3 is 2.29 bits per heavy atom. The summed E-state index contributed by atoms with van der Waals surface area (Å²) >= 11 is 0. The molecule has 0 fully saturated rings. The van der Waals surface area contributed by atoms with Gasteiger partial charge in [0.15, 0.2) is 0 Å².